The molecule has 0 radical (unpaired) electrons. The van der Waals surface area contributed by atoms with Crippen molar-refractivity contribution in [3.8, 4) is 0 Å². The third-order valence-electron chi connectivity index (χ3n) is 3.16. The Morgan fingerprint density at radius 1 is 1.50 bits per heavy atom. The average molecular weight is 310 g/mol. The minimum absolute atomic E-state index is 0.114. The quantitative estimate of drug-likeness (QED) is 0.927. The SMILES string of the molecule is O=S(=O)(c1ccc(Cl)s1)N1CCCC(CCO)C1. The molecule has 0 amide bonds. The Balaban J connectivity index is 2.15. The smallest absolute Gasteiger partial charge is 0.252 e. The predicted molar refractivity (Wildman–Crippen MR) is 72.5 cm³/mol. The largest absolute Gasteiger partial charge is 0.396 e. The highest BCUT2D eigenvalue weighted by Crippen LogP contribution is 2.31. The number of aliphatic hydroxyl groups is 1. The van der Waals surface area contributed by atoms with Crippen molar-refractivity contribution in [2.45, 2.75) is 23.5 Å². The first-order valence-electron chi connectivity index (χ1n) is 5.90. The summed E-state index contributed by atoms with van der Waals surface area (Å²) in [4.78, 5) is 0. The van der Waals surface area contributed by atoms with Gasteiger partial charge in [-0.2, -0.15) is 4.31 Å². The zero-order valence-corrected chi connectivity index (χ0v) is 12.3. The van der Waals surface area contributed by atoms with Gasteiger partial charge in [0.15, 0.2) is 0 Å². The maximum absolute atomic E-state index is 12.4. The van der Waals surface area contributed by atoms with E-state index in [4.69, 9.17) is 16.7 Å². The molecule has 1 saturated heterocycles. The van der Waals surface area contributed by atoms with Gasteiger partial charge in [0, 0.05) is 19.7 Å². The molecule has 0 spiro atoms. The fourth-order valence-corrected chi connectivity index (χ4v) is 5.42. The summed E-state index contributed by atoms with van der Waals surface area (Å²) in [6.45, 7) is 1.17. The third kappa shape index (κ3) is 3.05. The van der Waals surface area contributed by atoms with E-state index in [2.05, 4.69) is 0 Å². The van der Waals surface area contributed by atoms with E-state index in [9.17, 15) is 8.42 Å². The minimum Gasteiger partial charge on any atom is -0.396 e. The van der Waals surface area contributed by atoms with Gasteiger partial charge in [-0.3, -0.25) is 0 Å². The highest BCUT2D eigenvalue weighted by Gasteiger charge is 2.30. The van der Waals surface area contributed by atoms with Gasteiger partial charge in [-0.05, 0) is 37.3 Å². The number of hydrogen-bond donors (Lipinski definition) is 1. The maximum atomic E-state index is 12.4. The van der Waals surface area contributed by atoms with E-state index in [0.29, 0.717) is 28.1 Å². The topological polar surface area (TPSA) is 57.6 Å². The number of nitrogens with zero attached hydrogens (tertiary/aromatic N) is 1. The normalized spacial score (nSPS) is 22.2. The van der Waals surface area contributed by atoms with Crippen LogP contribution in [0.2, 0.25) is 4.34 Å². The highest BCUT2D eigenvalue weighted by atomic mass is 35.5. The minimum atomic E-state index is -3.41. The van der Waals surface area contributed by atoms with Crippen molar-refractivity contribution in [1.29, 1.82) is 0 Å². The molecule has 0 aromatic carbocycles. The van der Waals surface area contributed by atoms with E-state index in [1.807, 2.05) is 0 Å². The van der Waals surface area contributed by atoms with E-state index in [1.54, 1.807) is 12.1 Å². The Labute approximate surface area is 116 Å². The van der Waals surface area contributed by atoms with Crippen LogP contribution in [-0.2, 0) is 10.0 Å². The maximum Gasteiger partial charge on any atom is 0.252 e. The molecular formula is C11H16ClNO3S2. The number of hydrogen-bond acceptors (Lipinski definition) is 4. The van der Waals surface area contributed by atoms with Crippen molar-refractivity contribution in [1.82, 2.24) is 4.31 Å². The van der Waals surface area contributed by atoms with Gasteiger partial charge in [0.2, 0.25) is 0 Å². The van der Waals surface area contributed by atoms with Crippen molar-refractivity contribution in [3.05, 3.63) is 16.5 Å². The lowest BCUT2D eigenvalue weighted by atomic mass is 9.97. The summed E-state index contributed by atoms with van der Waals surface area (Å²) < 4.78 is 27.0. The molecule has 1 unspecified atom stereocenters. The van der Waals surface area contributed by atoms with Gasteiger partial charge in [0.1, 0.15) is 4.21 Å². The second kappa shape index (κ2) is 5.88. The predicted octanol–water partition coefficient (Wildman–Crippen LogP) is 2.18. The summed E-state index contributed by atoms with van der Waals surface area (Å²) in [6, 6.07) is 3.16. The summed E-state index contributed by atoms with van der Waals surface area (Å²) >= 11 is 6.88. The summed E-state index contributed by atoms with van der Waals surface area (Å²) in [7, 11) is -3.41. The molecule has 18 heavy (non-hydrogen) atoms. The summed E-state index contributed by atoms with van der Waals surface area (Å²) in [6.07, 6.45) is 2.50. The van der Waals surface area contributed by atoms with Gasteiger partial charge >= 0.3 is 0 Å². The Bertz CT molecular complexity index is 498. The molecule has 2 heterocycles. The van der Waals surface area contributed by atoms with Crippen LogP contribution in [0.25, 0.3) is 0 Å². The lowest BCUT2D eigenvalue weighted by Gasteiger charge is -2.31. The summed E-state index contributed by atoms with van der Waals surface area (Å²) in [5.41, 5.74) is 0. The standard InChI is InChI=1S/C11H16ClNO3S2/c12-10-3-4-11(17-10)18(15,16)13-6-1-2-9(8-13)5-7-14/h3-4,9,14H,1-2,5-8H2. The van der Waals surface area contributed by atoms with Crippen LogP contribution in [0.5, 0.6) is 0 Å². The van der Waals surface area contributed by atoms with Crippen LogP contribution in [0.4, 0.5) is 0 Å². The van der Waals surface area contributed by atoms with E-state index in [-0.39, 0.29) is 12.5 Å². The number of halogens is 1. The molecule has 1 aliphatic rings. The van der Waals surface area contributed by atoms with Crippen LogP contribution in [0, 0.1) is 5.92 Å². The fourth-order valence-electron chi connectivity index (χ4n) is 2.23. The molecule has 0 bridgehead atoms. The van der Waals surface area contributed by atoms with Crippen LogP contribution in [0.1, 0.15) is 19.3 Å². The molecule has 4 nitrogen and oxygen atoms in total. The third-order valence-corrected chi connectivity index (χ3v) is 6.73. The molecule has 0 aliphatic carbocycles. The molecule has 1 N–H and O–H groups in total. The van der Waals surface area contributed by atoms with Gasteiger partial charge in [0.05, 0.1) is 4.34 Å². The van der Waals surface area contributed by atoms with Crippen LogP contribution in [0.3, 0.4) is 0 Å². The summed E-state index contributed by atoms with van der Waals surface area (Å²) in [5.74, 6) is 0.258. The lowest BCUT2D eigenvalue weighted by Crippen LogP contribution is -2.39. The monoisotopic (exact) mass is 309 g/mol. The van der Waals surface area contributed by atoms with Crippen molar-refractivity contribution < 1.29 is 13.5 Å². The number of sulfonamides is 1. The van der Waals surface area contributed by atoms with Crippen molar-refractivity contribution in [2.24, 2.45) is 5.92 Å². The second-order valence-corrected chi connectivity index (χ2v) is 8.32. The first kappa shape index (κ1) is 14.3. The molecule has 1 aromatic rings. The first-order valence-corrected chi connectivity index (χ1v) is 8.54. The fraction of sp³-hybridized carbons (Fsp3) is 0.636. The molecular weight excluding hydrogens is 294 g/mol. The van der Waals surface area contributed by atoms with Crippen LogP contribution in [-0.4, -0.2) is 37.5 Å². The van der Waals surface area contributed by atoms with Crippen molar-refractivity contribution in [3.63, 3.8) is 0 Å². The van der Waals surface area contributed by atoms with Gasteiger partial charge in [-0.25, -0.2) is 8.42 Å². The Hall–Kier alpha value is -0.140. The van der Waals surface area contributed by atoms with Gasteiger partial charge < -0.3 is 5.11 Å². The van der Waals surface area contributed by atoms with Crippen LogP contribution in [0.15, 0.2) is 16.3 Å². The zero-order chi connectivity index (χ0) is 13.2. The average Bonchev–Trinajstić information content (AvgIpc) is 2.77. The summed E-state index contributed by atoms with van der Waals surface area (Å²) in [5, 5.41) is 8.94. The molecule has 7 heteroatoms. The Morgan fingerprint density at radius 2 is 2.28 bits per heavy atom. The Morgan fingerprint density at radius 3 is 2.89 bits per heavy atom. The molecule has 1 fully saturated rings. The van der Waals surface area contributed by atoms with E-state index in [1.165, 1.54) is 4.31 Å². The van der Waals surface area contributed by atoms with Crippen LogP contribution >= 0.6 is 22.9 Å². The van der Waals surface area contributed by atoms with Gasteiger partial charge in [-0.15, -0.1) is 11.3 Å². The van der Waals surface area contributed by atoms with E-state index in [0.717, 1.165) is 24.2 Å². The number of rotatable bonds is 4. The van der Waals surface area contributed by atoms with Gasteiger partial charge in [0.25, 0.3) is 10.0 Å². The van der Waals surface area contributed by atoms with E-state index >= 15 is 0 Å². The Kier molecular flexibility index (Phi) is 4.66. The van der Waals surface area contributed by atoms with E-state index < -0.39 is 10.0 Å². The lowest BCUT2D eigenvalue weighted by molar-refractivity contribution is 0.203. The van der Waals surface area contributed by atoms with Crippen molar-refractivity contribution in [2.75, 3.05) is 19.7 Å². The van der Waals surface area contributed by atoms with Crippen molar-refractivity contribution >= 4 is 33.0 Å². The first-order chi connectivity index (χ1) is 8.54. The molecule has 0 saturated carbocycles. The molecule has 1 atom stereocenters. The van der Waals surface area contributed by atoms with Gasteiger partial charge in [-0.1, -0.05) is 11.6 Å². The number of aliphatic hydroxyl groups excluding tert-OH is 1. The van der Waals surface area contributed by atoms with Crippen LogP contribution < -0.4 is 0 Å². The molecule has 1 aliphatic heterocycles. The number of thiophene rings is 1. The number of piperidine rings is 1. The highest BCUT2D eigenvalue weighted by molar-refractivity contribution is 7.91. The second-order valence-electron chi connectivity index (χ2n) is 4.44. The molecule has 1 aromatic heterocycles. The zero-order valence-electron chi connectivity index (χ0n) is 9.88. The molecule has 2 rings (SSSR count). The molecule has 102 valence electrons.